The van der Waals surface area contributed by atoms with Crippen molar-refractivity contribution in [1.82, 2.24) is 29.5 Å². The number of hydrogen-bond donors (Lipinski definition) is 3. The maximum atomic E-state index is 13.3. The molecule has 2 fully saturated rings. The third-order valence-electron chi connectivity index (χ3n) is 14.1. The van der Waals surface area contributed by atoms with E-state index in [2.05, 4.69) is 112 Å². The Labute approximate surface area is 465 Å². The van der Waals surface area contributed by atoms with Crippen LogP contribution in [0.25, 0.3) is 11.2 Å². The fourth-order valence-electron chi connectivity index (χ4n) is 9.14. The molecule has 20 heteroatoms. The molecule has 2 aromatic heterocycles. The number of amides is 2. The van der Waals surface area contributed by atoms with Crippen LogP contribution < -0.4 is 20.9 Å². The van der Waals surface area contributed by atoms with Gasteiger partial charge in [-0.3, -0.25) is 29.3 Å². The zero-order valence-electron chi connectivity index (χ0n) is 47.5. The predicted octanol–water partition coefficient (Wildman–Crippen LogP) is 11.7. The lowest BCUT2D eigenvalue weighted by molar-refractivity contribution is -0.235. The minimum atomic E-state index is -1.73. The third-order valence-corrected chi connectivity index (χ3v) is 19.7. The summed E-state index contributed by atoms with van der Waals surface area (Å²) in [5.41, 5.74) is 3.98. The van der Waals surface area contributed by atoms with Gasteiger partial charge in [-0.1, -0.05) is 104 Å². The number of aromatic amines is 1. The summed E-state index contributed by atoms with van der Waals surface area (Å²) in [5.74, 6) is 0.284. The maximum Gasteiger partial charge on any atom is 0.280 e. The molecule has 5 unspecified atom stereocenters. The number of fused-ring (bicyclic) bond motifs is 1. The first-order valence-electron chi connectivity index (χ1n) is 27.4. The van der Waals surface area contributed by atoms with Crippen molar-refractivity contribution in [2.75, 3.05) is 38.9 Å². The lowest BCUT2D eigenvalue weighted by atomic mass is 9.83. The van der Waals surface area contributed by atoms with Crippen LogP contribution in [0.1, 0.15) is 144 Å². The summed E-state index contributed by atoms with van der Waals surface area (Å²) in [5, 5.41) is 5.73. The van der Waals surface area contributed by atoms with Crippen LogP contribution in [0.5, 0.6) is 5.75 Å². The molecule has 5 atom stereocenters. The molecule has 0 spiro atoms. The van der Waals surface area contributed by atoms with Crippen LogP contribution in [-0.2, 0) is 50.5 Å². The molecule has 4 heterocycles. The van der Waals surface area contributed by atoms with Gasteiger partial charge in [0, 0.05) is 54.2 Å². The topological polar surface area (TPSA) is 190 Å². The fourth-order valence-corrected chi connectivity index (χ4v) is 13.5. The Morgan fingerprint density at radius 2 is 1.68 bits per heavy atom. The van der Waals surface area contributed by atoms with E-state index in [0.717, 1.165) is 40.0 Å². The zero-order chi connectivity index (χ0) is 56.1. The molecule has 7 rings (SSSR count). The number of carbonyl (C=O) groups is 2. The molecule has 0 radical (unpaired) electrons. The van der Waals surface area contributed by atoms with E-state index in [1.807, 2.05) is 60.7 Å². The first kappa shape index (κ1) is 58.7. The van der Waals surface area contributed by atoms with E-state index < -0.39 is 44.5 Å². The zero-order valence-corrected chi connectivity index (χ0v) is 49.1. The SMILES string of the molecule is [2H]CC1OC(n2cnc3c(=O)[nH]c(NC(=O)COc4ccc(C(C)C)cc4)nc32)C(OC)C1OP(OCCc1ccccc1SSC(C)(C)CCC(=O)NCc1ccc(C2OCC(CC)(CC)CO2)cc1)N(C(C)C)C(C)C. The molecule has 2 aliphatic rings. The van der Waals surface area contributed by atoms with Gasteiger partial charge in [0.15, 0.2) is 30.3 Å². The van der Waals surface area contributed by atoms with Crippen LogP contribution in [0.15, 0.2) is 88.8 Å². The quantitative estimate of drug-likeness (QED) is 0.0332. The molecule has 2 aliphatic heterocycles. The average molecular weight is 1120 g/mol. The van der Waals surface area contributed by atoms with Gasteiger partial charge in [-0.2, -0.15) is 4.98 Å². The Hall–Kier alpha value is -4.40. The molecule has 0 saturated carbocycles. The van der Waals surface area contributed by atoms with Crippen LogP contribution in [0.2, 0.25) is 0 Å². The summed E-state index contributed by atoms with van der Waals surface area (Å²) < 4.78 is 56.4. The van der Waals surface area contributed by atoms with E-state index in [9.17, 15) is 14.4 Å². The molecule has 0 bridgehead atoms. The Kier molecular flexibility index (Phi) is 21.1. The van der Waals surface area contributed by atoms with Gasteiger partial charge in [0.05, 0.1) is 32.3 Å². The molecule has 420 valence electrons. The molecule has 3 aromatic carbocycles. The highest BCUT2D eigenvalue weighted by atomic mass is 33.1. The van der Waals surface area contributed by atoms with Gasteiger partial charge in [-0.25, -0.2) is 9.65 Å². The van der Waals surface area contributed by atoms with Crippen molar-refractivity contribution in [3.05, 3.63) is 112 Å². The molecule has 2 saturated heterocycles. The summed E-state index contributed by atoms with van der Waals surface area (Å²) in [6.07, 6.45) is 1.65. The number of anilines is 1. The van der Waals surface area contributed by atoms with E-state index in [0.29, 0.717) is 57.3 Å². The van der Waals surface area contributed by atoms with Crippen LogP contribution >= 0.6 is 30.1 Å². The summed E-state index contributed by atoms with van der Waals surface area (Å²) in [6.45, 7) is 23.0. The smallest absolute Gasteiger partial charge is 0.280 e. The second kappa shape index (κ2) is 27.7. The number of H-pyrrole nitrogens is 1. The minimum absolute atomic E-state index is 0.0112. The molecule has 0 aliphatic carbocycles. The van der Waals surface area contributed by atoms with Crippen molar-refractivity contribution in [3.8, 4) is 5.75 Å². The van der Waals surface area contributed by atoms with E-state index >= 15 is 0 Å². The largest absolute Gasteiger partial charge is 0.484 e. The van der Waals surface area contributed by atoms with Crippen molar-refractivity contribution in [3.63, 3.8) is 0 Å². The predicted molar refractivity (Wildman–Crippen MR) is 306 cm³/mol. The summed E-state index contributed by atoms with van der Waals surface area (Å²) in [4.78, 5) is 52.1. The number of imidazole rings is 1. The molecular weight excluding hydrogens is 1040 g/mol. The van der Waals surface area contributed by atoms with E-state index in [1.165, 1.54) is 6.33 Å². The van der Waals surface area contributed by atoms with Crippen molar-refractivity contribution >= 4 is 59.0 Å². The van der Waals surface area contributed by atoms with Crippen LogP contribution in [-0.4, -0.2) is 105 Å². The Morgan fingerprint density at radius 3 is 2.32 bits per heavy atom. The van der Waals surface area contributed by atoms with Crippen molar-refractivity contribution in [2.45, 2.75) is 173 Å². The molecule has 17 nitrogen and oxygen atoms in total. The number of benzene rings is 3. The number of nitrogens with zero attached hydrogens (tertiary/aromatic N) is 4. The van der Waals surface area contributed by atoms with Crippen molar-refractivity contribution in [2.24, 2.45) is 5.41 Å². The van der Waals surface area contributed by atoms with Gasteiger partial charge < -0.3 is 38.0 Å². The first-order chi connectivity index (χ1) is 37.4. The van der Waals surface area contributed by atoms with Gasteiger partial charge in [0.2, 0.25) is 11.9 Å². The Morgan fingerprint density at radius 1 is 0.974 bits per heavy atom. The van der Waals surface area contributed by atoms with Crippen molar-refractivity contribution < 1.29 is 43.7 Å². The fraction of sp³-hybridized carbons (Fsp3) is 0.561. The number of rotatable bonds is 27. The van der Waals surface area contributed by atoms with E-state index in [-0.39, 0.29) is 65.1 Å². The number of nitrogens with one attached hydrogen (secondary N) is 3. The number of aromatic nitrogens is 4. The minimum Gasteiger partial charge on any atom is -0.484 e. The Bertz CT molecular complexity index is 2760. The van der Waals surface area contributed by atoms with Gasteiger partial charge in [0.25, 0.3) is 20.0 Å². The summed E-state index contributed by atoms with van der Waals surface area (Å²) in [6, 6.07) is 24.0. The third kappa shape index (κ3) is 15.9. The highest BCUT2D eigenvalue weighted by Crippen LogP contribution is 2.51. The monoisotopic (exact) mass is 1120 g/mol. The number of ether oxygens (including phenoxy) is 5. The summed E-state index contributed by atoms with van der Waals surface area (Å²) >= 11 is 0. The van der Waals surface area contributed by atoms with E-state index in [1.54, 1.807) is 33.3 Å². The van der Waals surface area contributed by atoms with Gasteiger partial charge >= 0.3 is 0 Å². The maximum absolute atomic E-state index is 13.3. The first-order valence-corrected chi connectivity index (χ1v) is 30.0. The highest BCUT2D eigenvalue weighted by Gasteiger charge is 2.48. The highest BCUT2D eigenvalue weighted by molar-refractivity contribution is 8.77. The average Bonchev–Trinajstić information content (AvgIpc) is 4.10. The molecular formula is C57H80N7O10PS2. The van der Waals surface area contributed by atoms with Crippen molar-refractivity contribution in [1.29, 1.82) is 0 Å². The van der Waals surface area contributed by atoms with Crippen LogP contribution in [0.4, 0.5) is 5.95 Å². The number of methoxy groups -OCH3 is 1. The standard InChI is InChI=1S/C57H80N7O10PS2/c1-13-57(14-2)33-70-54(71-34-57)43-21-19-40(20-22-43)31-58-46(65)27-29-56(10,11)77-76-45-18-16-15-17-42(45)28-30-72-75(64(37(5)6)38(7)8)74-49-39(9)73-53(50(49)68-12)63-35-59-48-51(63)61-55(62-52(48)67)60-47(66)32-69-44-25-23-41(24-26-44)36(3)4/h15-26,35-39,49-50,53-54H,13-14,27-34H2,1-12H3,(H,58,65)(H2,60,61,62,66,67)/i9D. The summed E-state index contributed by atoms with van der Waals surface area (Å²) in [7, 11) is 3.27. The van der Waals surface area contributed by atoms with Gasteiger partial charge in [-0.05, 0) is 115 Å². The van der Waals surface area contributed by atoms with Crippen LogP contribution in [0, 0.1) is 5.41 Å². The van der Waals surface area contributed by atoms with Gasteiger partial charge in [-0.15, -0.1) is 0 Å². The van der Waals surface area contributed by atoms with Gasteiger partial charge in [0.1, 0.15) is 18.0 Å². The molecule has 77 heavy (non-hydrogen) atoms. The number of carbonyl (C=O) groups excluding carboxylic acids is 2. The normalized spacial score (nSPS) is 19.6. The van der Waals surface area contributed by atoms with Crippen LogP contribution in [0.3, 0.4) is 0 Å². The Balaban J connectivity index is 0.937. The molecule has 2 amide bonds. The molecule has 3 N–H and O–H groups in total. The second-order valence-corrected chi connectivity index (χ2v) is 25.5. The lowest BCUT2D eigenvalue weighted by Gasteiger charge is -2.39. The molecule has 5 aromatic rings. The second-order valence-electron chi connectivity index (χ2n) is 21.2. The van der Waals surface area contributed by atoms with E-state index in [4.69, 9.17) is 34.1 Å². The number of hydrogen-bond acceptors (Lipinski definition) is 15. The lowest BCUT2D eigenvalue weighted by Crippen LogP contribution is -2.39.